The van der Waals surface area contributed by atoms with Crippen molar-refractivity contribution in [2.75, 3.05) is 20.2 Å². The van der Waals surface area contributed by atoms with E-state index in [9.17, 15) is 5.11 Å². The number of guanidine groups is 1. The highest BCUT2D eigenvalue weighted by Gasteiger charge is 2.21. The van der Waals surface area contributed by atoms with E-state index in [0.29, 0.717) is 29.9 Å². The van der Waals surface area contributed by atoms with Crippen molar-refractivity contribution in [1.82, 2.24) is 10.6 Å². The first-order valence-corrected chi connectivity index (χ1v) is 10.5. The summed E-state index contributed by atoms with van der Waals surface area (Å²) in [7, 11) is 1.67. The van der Waals surface area contributed by atoms with Crippen LogP contribution in [0.15, 0.2) is 29.3 Å². The topological polar surface area (TPSA) is 75.1 Å². The van der Waals surface area contributed by atoms with E-state index in [4.69, 9.17) is 21.1 Å². The van der Waals surface area contributed by atoms with Crippen LogP contribution in [0.4, 0.5) is 0 Å². The zero-order valence-corrected chi connectivity index (χ0v) is 17.9. The number of nitrogens with zero attached hydrogens (tertiary/aromatic N) is 1. The van der Waals surface area contributed by atoms with Crippen LogP contribution in [0.3, 0.4) is 0 Å². The van der Waals surface area contributed by atoms with Crippen molar-refractivity contribution in [2.24, 2.45) is 4.99 Å². The van der Waals surface area contributed by atoms with E-state index in [0.717, 1.165) is 28.4 Å². The zero-order chi connectivity index (χ0) is 20.1. The van der Waals surface area contributed by atoms with E-state index in [2.05, 4.69) is 22.5 Å². The molecule has 2 heterocycles. The van der Waals surface area contributed by atoms with Crippen LogP contribution in [0.5, 0.6) is 11.5 Å². The molecule has 0 radical (unpaired) electrons. The molecular weight excluding hydrogens is 398 g/mol. The van der Waals surface area contributed by atoms with Gasteiger partial charge in [-0.2, -0.15) is 0 Å². The van der Waals surface area contributed by atoms with Gasteiger partial charge in [-0.3, -0.25) is 0 Å². The number of hydrogen-bond acceptors (Lipinski definition) is 5. The number of thiophene rings is 1. The van der Waals surface area contributed by atoms with E-state index in [1.54, 1.807) is 13.2 Å². The first kappa shape index (κ1) is 20.8. The molecule has 28 heavy (non-hydrogen) atoms. The van der Waals surface area contributed by atoms with Gasteiger partial charge in [0.25, 0.3) is 0 Å². The summed E-state index contributed by atoms with van der Waals surface area (Å²) in [5, 5.41) is 16.7. The van der Waals surface area contributed by atoms with Crippen LogP contribution in [0.1, 0.15) is 36.0 Å². The Morgan fingerprint density at radius 1 is 1.43 bits per heavy atom. The molecule has 1 aliphatic rings. The fraction of sp³-hybridized carbons (Fsp3) is 0.450. The second-order valence-corrected chi connectivity index (χ2v) is 8.38. The highest BCUT2D eigenvalue weighted by molar-refractivity contribution is 7.16. The summed E-state index contributed by atoms with van der Waals surface area (Å²) in [5.41, 5.74) is 2.12. The van der Waals surface area contributed by atoms with E-state index in [1.807, 2.05) is 25.1 Å². The summed E-state index contributed by atoms with van der Waals surface area (Å²) >= 11 is 7.31. The Balaban J connectivity index is 1.68. The lowest BCUT2D eigenvalue weighted by Crippen LogP contribution is -2.39. The van der Waals surface area contributed by atoms with Crippen molar-refractivity contribution in [3.63, 3.8) is 0 Å². The quantitative estimate of drug-likeness (QED) is 0.469. The van der Waals surface area contributed by atoms with Crippen LogP contribution < -0.4 is 20.1 Å². The maximum atomic E-state index is 10.3. The smallest absolute Gasteiger partial charge is 0.191 e. The molecule has 2 aromatic rings. The molecule has 0 saturated carbocycles. The number of halogens is 1. The molecule has 6 nitrogen and oxygen atoms in total. The van der Waals surface area contributed by atoms with Gasteiger partial charge in [0, 0.05) is 35.5 Å². The van der Waals surface area contributed by atoms with Crippen molar-refractivity contribution >= 4 is 28.9 Å². The minimum atomic E-state index is -0.647. The maximum Gasteiger partial charge on any atom is 0.191 e. The Morgan fingerprint density at radius 2 is 2.25 bits per heavy atom. The molecule has 0 amide bonds. The molecule has 0 saturated heterocycles. The van der Waals surface area contributed by atoms with Gasteiger partial charge in [0.05, 0.1) is 18.0 Å². The minimum Gasteiger partial charge on any atom is -0.496 e. The number of nitrogens with one attached hydrogen (secondary N) is 2. The van der Waals surface area contributed by atoms with E-state index < -0.39 is 6.10 Å². The number of hydrogen-bond donors (Lipinski definition) is 3. The van der Waals surface area contributed by atoms with Crippen LogP contribution in [-0.2, 0) is 13.0 Å². The number of methoxy groups -OCH3 is 1. The van der Waals surface area contributed by atoms with Gasteiger partial charge in [-0.25, -0.2) is 4.99 Å². The van der Waals surface area contributed by atoms with Crippen LogP contribution in [0.2, 0.25) is 4.34 Å². The lowest BCUT2D eigenvalue weighted by Gasteiger charge is -2.15. The zero-order valence-electron chi connectivity index (χ0n) is 16.3. The molecule has 1 aliphatic heterocycles. The average Bonchev–Trinajstić information content (AvgIpc) is 3.27. The highest BCUT2D eigenvalue weighted by Crippen LogP contribution is 2.35. The molecule has 8 heteroatoms. The molecule has 1 aromatic heterocycles. The van der Waals surface area contributed by atoms with Gasteiger partial charge < -0.3 is 25.2 Å². The normalized spacial score (nSPS) is 17.0. The van der Waals surface area contributed by atoms with Gasteiger partial charge in [0.15, 0.2) is 5.96 Å². The van der Waals surface area contributed by atoms with Gasteiger partial charge in [0.1, 0.15) is 23.7 Å². The van der Waals surface area contributed by atoms with Crippen LogP contribution in [0, 0.1) is 0 Å². The maximum absolute atomic E-state index is 10.3. The van der Waals surface area contributed by atoms with E-state index in [1.165, 1.54) is 16.9 Å². The predicted molar refractivity (Wildman–Crippen MR) is 114 cm³/mol. The number of rotatable bonds is 7. The molecule has 0 bridgehead atoms. The summed E-state index contributed by atoms with van der Waals surface area (Å²) in [6, 6.07) is 7.66. The molecule has 152 valence electrons. The van der Waals surface area contributed by atoms with E-state index >= 15 is 0 Å². The van der Waals surface area contributed by atoms with Crippen LogP contribution >= 0.6 is 22.9 Å². The summed E-state index contributed by atoms with van der Waals surface area (Å²) in [6.07, 6.45) is 0.430. The number of aliphatic imine (C=N–C) groups is 1. The molecule has 0 spiro atoms. The predicted octanol–water partition coefficient (Wildman–Crippen LogP) is 3.52. The van der Waals surface area contributed by atoms with Gasteiger partial charge in [-0.05, 0) is 38.1 Å². The summed E-state index contributed by atoms with van der Waals surface area (Å²) < 4.78 is 12.1. The molecule has 2 atom stereocenters. The third kappa shape index (κ3) is 5.10. The largest absolute Gasteiger partial charge is 0.496 e. The lowest BCUT2D eigenvalue weighted by atomic mass is 10.1. The highest BCUT2D eigenvalue weighted by atomic mass is 35.5. The fourth-order valence-corrected chi connectivity index (χ4v) is 4.15. The average molecular weight is 424 g/mol. The van der Waals surface area contributed by atoms with Gasteiger partial charge >= 0.3 is 0 Å². The van der Waals surface area contributed by atoms with Crippen molar-refractivity contribution in [1.29, 1.82) is 0 Å². The number of aliphatic hydroxyl groups is 1. The molecule has 1 aromatic carbocycles. The monoisotopic (exact) mass is 423 g/mol. The molecule has 0 fully saturated rings. The first-order chi connectivity index (χ1) is 13.5. The van der Waals surface area contributed by atoms with Crippen LogP contribution in [-0.4, -0.2) is 37.4 Å². The second-order valence-electron chi connectivity index (χ2n) is 6.64. The van der Waals surface area contributed by atoms with E-state index in [-0.39, 0.29) is 6.10 Å². The Labute approximate surface area is 174 Å². The fourth-order valence-electron chi connectivity index (χ4n) is 3.10. The third-order valence-electron chi connectivity index (χ3n) is 4.44. The lowest BCUT2D eigenvalue weighted by molar-refractivity contribution is 0.184. The van der Waals surface area contributed by atoms with Crippen LogP contribution in [0.25, 0.3) is 0 Å². The standard InChI is InChI=1S/C20H26ClN3O3S/c1-4-22-20(24-11-15(25)18-5-6-19(21)28-18)23-10-14-9-17-13(7-12(2)27-17)8-16(14)26-3/h5-6,8-9,12,15,25H,4,7,10-11H2,1-3H3,(H2,22,23,24). The number of benzene rings is 1. The van der Waals surface area contributed by atoms with Crippen molar-refractivity contribution in [3.8, 4) is 11.5 Å². The number of aliphatic hydroxyl groups excluding tert-OH is 1. The molecule has 2 unspecified atom stereocenters. The first-order valence-electron chi connectivity index (χ1n) is 9.32. The molecule has 0 aliphatic carbocycles. The second kappa shape index (κ2) is 9.49. The summed E-state index contributed by atoms with van der Waals surface area (Å²) in [6.45, 7) is 5.55. The van der Waals surface area contributed by atoms with Gasteiger partial charge in [0.2, 0.25) is 0 Å². The van der Waals surface area contributed by atoms with Gasteiger partial charge in [-0.15, -0.1) is 11.3 Å². The Morgan fingerprint density at radius 3 is 2.93 bits per heavy atom. The number of fused-ring (bicyclic) bond motifs is 1. The molecule has 3 rings (SSSR count). The third-order valence-corrected chi connectivity index (χ3v) is 5.77. The summed E-state index contributed by atoms with van der Waals surface area (Å²) in [4.78, 5) is 5.45. The van der Waals surface area contributed by atoms with Crippen molar-refractivity contribution in [3.05, 3.63) is 44.6 Å². The van der Waals surface area contributed by atoms with Crippen molar-refractivity contribution in [2.45, 2.75) is 39.0 Å². The summed E-state index contributed by atoms with van der Waals surface area (Å²) in [5.74, 6) is 2.34. The SMILES string of the molecule is CCNC(=NCc1cc2c(cc1OC)CC(C)O2)NCC(O)c1ccc(Cl)s1. The Kier molecular flexibility index (Phi) is 7.04. The Hall–Kier alpha value is -1.96. The minimum absolute atomic E-state index is 0.185. The van der Waals surface area contributed by atoms with Crippen molar-refractivity contribution < 1.29 is 14.6 Å². The number of ether oxygens (including phenoxy) is 2. The Bertz CT molecular complexity index is 840. The molecule has 3 N–H and O–H groups in total. The molecular formula is C20H26ClN3O3S. The van der Waals surface area contributed by atoms with Gasteiger partial charge in [-0.1, -0.05) is 11.6 Å².